The van der Waals surface area contributed by atoms with Crippen molar-refractivity contribution in [1.29, 1.82) is 0 Å². The van der Waals surface area contributed by atoms with Gasteiger partial charge in [0, 0.05) is 12.2 Å². The van der Waals surface area contributed by atoms with Crippen LogP contribution in [0.4, 0.5) is 0 Å². The van der Waals surface area contributed by atoms with Crippen molar-refractivity contribution in [3.8, 4) is 0 Å². The summed E-state index contributed by atoms with van der Waals surface area (Å²) in [6.45, 7) is 5.63. The van der Waals surface area contributed by atoms with Gasteiger partial charge < -0.3 is 15.7 Å². The molecule has 0 spiro atoms. The molecule has 0 saturated heterocycles. The number of hydrogen-bond acceptors (Lipinski definition) is 3. The second kappa shape index (κ2) is 8.53. The summed E-state index contributed by atoms with van der Waals surface area (Å²) in [5.74, 6) is 0.134. The predicted octanol–water partition coefficient (Wildman–Crippen LogP) is 3.19. The van der Waals surface area contributed by atoms with Crippen molar-refractivity contribution in [2.75, 3.05) is 6.61 Å². The number of benzene rings is 1. The van der Waals surface area contributed by atoms with Gasteiger partial charge in [0.05, 0.1) is 6.61 Å². The molecule has 19 heavy (non-hydrogen) atoms. The Hall–Kier alpha value is -1.55. The zero-order chi connectivity index (χ0) is 14.1. The van der Waals surface area contributed by atoms with Gasteiger partial charge in [0.2, 0.25) is 0 Å². The third-order valence-corrected chi connectivity index (χ3v) is 3.15. The van der Waals surface area contributed by atoms with E-state index in [1.807, 2.05) is 25.1 Å². The molecule has 0 aliphatic heterocycles. The van der Waals surface area contributed by atoms with Gasteiger partial charge in [-0.2, -0.15) is 0 Å². The van der Waals surface area contributed by atoms with Crippen molar-refractivity contribution in [2.45, 2.75) is 46.1 Å². The van der Waals surface area contributed by atoms with Crippen LogP contribution in [0.1, 0.15) is 49.3 Å². The van der Waals surface area contributed by atoms with Crippen molar-refractivity contribution in [2.24, 2.45) is 10.9 Å². The minimum atomic E-state index is 0.134. The Morgan fingerprint density at radius 1 is 1.32 bits per heavy atom. The first-order valence-corrected chi connectivity index (χ1v) is 6.84. The summed E-state index contributed by atoms with van der Waals surface area (Å²) in [5.41, 5.74) is 8.52. The van der Waals surface area contributed by atoms with E-state index in [-0.39, 0.29) is 5.84 Å². The number of hydrogen-bond donors (Lipinski definition) is 2. The number of aryl methyl sites for hydroxylation is 1. The van der Waals surface area contributed by atoms with Gasteiger partial charge in [-0.05, 0) is 30.5 Å². The third-order valence-electron chi connectivity index (χ3n) is 3.15. The highest BCUT2D eigenvalue weighted by atomic mass is 16.5. The molecule has 4 heteroatoms. The van der Waals surface area contributed by atoms with Crippen LogP contribution >= 0.6 is 0 Å². The van der Waals surface area contributed by atoms with Gasteiger partial charge in [0.1, 0.15) is 0 Å². The minimum absolute atomic E-state index is 0.134. The van der Waals surface area contributed by atoms with Crippen molar-refractivity contribution < 1.29 is 9.94 Å². The maximum absolute atomic E-state index is 8.63. The van der Waals surface area contributed by atoms with E-state index >= 15 is 0 Å². The lowest BCUT2D eigenvalue weighted by Gasteiger charge is -2.09. The molecule has 1 aromatic rings. The Labute approximate surface area is 115 Å². The molecule has 0 fully saturated rings. The number of nitrogens with two attached hydrogens (primary N) is 1. The first kappa shape index (κ1) is 15.5. The lowest BCUT2D eigenvalue weighted by molar-refractivity contribution is 0.116. The van der Waals surface area contributed by atoms with Crippen LogP contribution in [0.2, 0.25) is 0 Å². The number of nitrogens with zero attached hydrogens (tertiary/aromatic N) is 1. The van der Waals surface area contributed by atoms with Gasteiger partial charge in [-0.3, -0.25) is 0 Å². The van der Waals surface area contributed by atoms with E-state index in [1.165, 1.54) is 19.3 Å². The summed E-state index contributed by atoms with van der Waals surface area (Å²) < 4.78 is 5.66. The second-order valence-electron chi connectivity index (χ2n) is 4.74. The largest absolute Gasteiger partial charge is 0.409 e. The standard InChI is InChI=1S/C15H24N2O2/c1-3-4-5-6-9-19-11-14-8-7-13(10-12(14)2)15(16)17-18/h7-8,10,18H,3-6,9,11H2,1-2H3,(H2,16,17). The summed E-state index contributed by atoms with van der Waals surface area (Å²) in [6, 6.07) is 5.72. The SMILES string of the molecule is CCCCCCOCc1ccc(/C(N)=N/O)cc1C. The van der Waals surface area contributed by atoms with Crippen LogP contribution in [0.25, 0.3) is 0 Å². The van der Waals surface area contributed by atoms with E-state index in [9.17, 15) is 0 Å². The predicted molar refractivity (Wildman–Crippen MR) is 77.5 cm³/mol. The lowest BCUT2D eigenvalue weighted by atomic mass is 10.1. The topological polar surface area (TPSA) is 67.8 Å². The van der Waals surface area contributed by atoms with Gasteiger partial charge in [-0.1, -0.05) is 43.5 Å². The Morgan fingerprint density at radius 2 is 2.11 bits per heavy atom. The highest BCUT2D eigenvalue weighted by Crippen LogP contribution is 2.12. The molecule has 0 atom stereocenters. The van der Waals surface area contributed by atoms with E-state index in [0.717, 1.165) is 29.7 Å². The van der Waals surface area contributed by atoms with Gasteiger partial charge in [-0.15, -0.1) is 0 Å². The fourth-order valence-electron chi connectivity index (χ4n) is 1.89. The number of oxime groups is 1. The average Bonchev–Trinajstić information content (AvgIpc) is 2.43. The highest BCUT2D eigenvalue weighted by Gasteiger charge is 2.03. The Morgan fingerprint density at radius 3 is 2.74 bits per heavy atom. The minimum Gasteiger partial charge on any atom is -0.409 e. The van der Waals surface area contributed by atoms with Gasteiger partial charge >= 0.3 is 0 Å². The zero-order valence-electron chi connectivity index (χ0n) is 11.9. The number of ether oxygens (including phenoxy) is 1. The summed E-state index contributed by atoms with van der Waals surface area (Å²) in [5, 5.41) is 11.6. The molecule has 0 aromatic heterocycles. The Balaban J connectivity index is 2.43. The molecule has 0 amide bonds. The van der Waals surface area contributed by atoms with E-state index in [1.54, 1.807) is 0 Å². The molecule has 1 aromatic carbocycles. The lowest BCUT2D eigenvalue weighted by Crippen LogP contribution is -2.13. The van der Waals surface area contributed by atoms with E-state index in [4.69, 9.17) is 15.7 Å². The summed E-state index contributed by atoms with van der Waals surface area (Å²) >= 11 is 0. The molecule has 0 heterocycles. The Kier molecular flexibility index (Phi) is 6.97. The van der Waals surface area contributed by atoms with Crippen LogP contribution in [0.5, 0.6) is 0 Å². The first-order valence-electron chi connectivity index (χ1n) is 6.84. The molecule has 0 unspecified atom stereocenters. The van der Waals surface area contributed by atoms with Gasteiger partial charge in [0.15, 0.2) is 5.84 Å². The number of unbranched alkanes of at least 4 members (excludes halogenated alkanes) is 3. The molecule has 1 rings (SSSR count). The first-order chi connectivity index (χ1) is 9.19. The van der Waals surface area contributed by atoms with E-state index in [0.29, 0.717) is 6.61 Å². The number of rotatable bonds is 8. The third kappa shape index (κ3) is 5.30. The van der Waals surface area contributed by atoms with Crippen LogP contribution in [-0.2, 0) is 11.3 Å². The summed E-state index contributed by atoms with van der Waals surface area (Å²) in [4.78, 5) is 0. The van der Waals surface area contributed by atoms with Crippen molar-refractivity contribution in [3.63, 3.8) is 0 Å². The van der Waals surface area contributed by atoms with Crippen LogP contribution in [-0.4, -0.2) is 17.6 Å². The summed E-state index contributed by atoms with van der Waals surface area (Å²) in [7, 11) is 0. The molecule has 0 bridgehead atoms. The van der Waals surface area contributed by atoms with Crippen LogP contribution in [0.3, 0.4) is 0 Å². The van der Waals surface area contributed by atoms with Gasteiger partial charge in [-0.25, -0.2) is 0 Å². The average molecular weight is 264 g/mol. The maximum Gasteiger partial charge on any atom is 0.170 e. The highest BCUT2D eigenvalue weighted by molar-refractivity contribution is 5.97. The quantitative estimate of drug-likeness (QED) is 0.249. The molecular weight excluding hydrogens is 240 g/mol. The molecular formula is C15H24N2O2. The molecule has 0 aliphatic rings. The zero-order valence-corrected chi connectivity index (χ0v) is 11.9. The van der Waals surface area contributed by atoms with Crippen LogP contribution in [0, 0.1) is 6.92 Å². The summed E-state index contributed by atoms with van der Waals surface area (Å²) in [6.07, 6.45) is 4.87. The maximum atomic E-state index is 8.63. The molecule has 0 radical (unpaired) electrons. The van der Waals surface area contributed by atoms with Crippen LogP contribution in [0.15, 0.2) is 23.4 Å². The fourth-order valence-corrected chi connectivity index (χ4v) is 1.89. The molecule has 0 saturated carbocycles. The van der Waals surface area contributed by atoms with Gasteiger partial charge in [0.25, 0.3) is 0 Å². The second-order valence-corrected chi connectivity index (χ2v) is 4.74. The number of amidine groups is 1. The smallest absolute Gasteiger partial charge is 0.170 e. The van der Waals surface area contributed by atoms with Crippen LogP contribution < -0.4 is 5.73 Å². The van der Waals surface area contributed by atoms with E-state index < -0.39 is 0 Å². The molecule has 4 nitrogen and oxygen atoms in total. The molecule has 3 N–H and O–H groups in total. The van der Waals surface area contributed by atoms with Crippen molar-refractivity contribution >= 4 is 5.84 Å². The normalized spacial score (nSPS) is 11.8. The van der Waals surface area contributed by atoms with Crippen molar-refractivity contribution in [1.82, 2.24) is 0 Å². The monoisotopic (exact) mass is 264 g/mol. The van der Waals surface area contributed by atoms with E-state index in [2.05, 4.69) is 12.1 Å². The fraction of sp³-hybridized carbons (Fsp3) is 0.533. The Bertz CT molecular complexity index is 417. The molecule has 106 valence electrons. The van der Waals surface area contributed by atoms with Crippen molar-refractivity contribution in [3.05, 3.63) is 34.9 Å². The molecule has 0 aliphatic carbocycles.